The third kappa shape index (κ3) is 1.26. The summed E-state index contributed by atoms with van der Waals surface area (Å²) in [5.41, 5.74) is -0.164. The predicted molar refractivity (Wildman–Crippen MR) is 43.1 cm³/mol. The van der Waals surface area contributed by atoms with E-state index in [4.69, 9.17) is 4.74 Å². The predicted octanol–water partition coefficient (Wildman–Crippen LogP) is 1.84. The minimum absolute atomic E-state index is 0.0452. The first-order valence-electron chi connectivity index (χ1n) is 4.11. The van der Waals surface area contributed by atoms with Gasteiger partial charge in [0.1, 0.15) is 0 Å². The van der Waals surface area contributed by atoms with Crippen molar-refractivity contribution >= 4 is 5.97 Å². The number of hydrogen-bond acceptors (Lipinski definition) is 2. The van der Waals surface area contributed by atoms with E-state index in [1.165, 1.54) is 7.11 Å². The van der Waals surface area contributed by atoms with E-state index in [1.807, 2.05) is 6.92 Å². The highest BCUT2D eigenvalue weighted by Gasteiger charge is 2.57. The second kappa shape index (κ2) is 2.50. The summed E-state index contributed by atoms with van der Waals surface area (Å²) in [5.74, 6) is 1.09. The van der Waals surface area contributed by atoms with Gasteiger partial charge in [0, 0.05) is 0 Å². The van der Waals surface area contributed by atoms with Crippen LogP contribution in [0.4, 0.5) is 0 Å². The fourth-order valence-electron chi connectivity index (χ4n) is 1.84. The SMILES string of the molecule is COC(=O)C1(C)CC1C(C)C. The molecule has 0 heterocycles. The van der Waals surface area contributed by atoms with Gasteiger partial charge in [0.15, 0.2) is 0 Å². The Morgan fingerprint density at radius 1 is 1.64 bits per heavy atom. The molecule has 0 aliphatic heterocycles. The maximum atomic E-state index is 11.2. The fraction of sp³-hybridized carbons (Fsp3) is 0.889. The van der Waals surface area contributed by atoms with Gasteiger partial charge in [-0.05, 0) is 25.2 Å². The Morgan fingerprint density at radius 2 is 2.18 bits per heavy atom. The van der Waals surface area contributed by atoms with Crippen LogP contribution in [0.1, 0.15) is 27.2 Å². The smallest absolute Gasteiger partial charge is 0.311 e. The zero-order valence-corrected chi connectivity index (χ0v) is 7.68. The van der Waals surface area contributed by atoms with Gasteiger partial charge in [0.05, 0.1) is 12.5 Å². The van der Waals surface area contributed by atoms with Crippen LogP contribution in [-0.2, 0) is 9.53 Å². The van der Waals surface area contributed by atoms with Crippen molar-refractivity contribution in [2.24, 2.45) is 17.3 Å². The van der Waals surface area contributed by atoms with E-state index in [-0.39, 0.29) is 11.4 Å². The lowest BCUT2D eigenvalue weighted by Gasteiger charge is -2.09. The van der Waals surface area contributed by atoms with Gasteiger partial charge < -0.3 is 4.74 Å². The molecule has 11 heavy (non-hydrogen) atoms. The lowest BCUT2D eigenvalue weighted by molar-refractivity contribution is -0.147. The van der Waals surface area contributed by atoms with Gasteiger partial charge >= 0.3 is 5.97 Å². The highest BCUT2D eigenvalue weighted by molar-refractivity contribution is 5.80. The molecule has 2 nitrogen and oxygen atoms in total. The Morgan fingerprint density at radius 3 is 2.45 bits per heavy atom. The molecule has 1 aliphatic carbocycles. The molecule has 0 radical (unpaired) electrons. The van der Waals surface area contributed by atoms with Gasteiger partial charge in [-0.15, -0.1) is 0 Å². The molecule has 1 saturated carbocycles. The van der Waals surface area contributed by atoms with Crippen LogP contribution in [0, 0.1) is 17.3 Å². The minimum atomic E-state index is -0.164. The molecule has 0 bridgehead atoms. The molecule has 0 N–H and O–H groups in total. The average molecular weight is 156 g/mol. The number of esters is 1. The van der Waals surface area contributed by atoms with Crippen molar-refractivity contribution in [3.63, 3.8) is 0 Å². The number of ether oxygens (including phenoxy) is 1. The summed E-state index contributed by atoms with van der Waals surface area (Å²) in [6.07, 6.45) is 0.997. The molecule has 0 amide bonds. The Kier molecular flexibility index (Phi) is 1.95. The number of methoxy groups -OCH3 is 1. The van der Waals surface area contributed by atoms with E-state index < -0.39 is 0 Å². The van der Waals surface area contributed by atoms with Gasteiger partial charge in [-0.1, -0.05) is 13.8 Å². The van der Waals surface area contributed by atoms with Crippen LogP contribution >= 0.6 is 0 Å². The lowest BCUT2D eigenvalue weighted by atomic mass is 9.99. The van der Waals surface area contributed by atoms with Crippen LogP contribution in [0.2, 0.25) is 0 Å². The second-order valence-electron chi connectivity index (χ2n) is 3.96. The van der Waals surface area contributed by atoms with Crippen LogP contribution < -0.4 is 0 Å². The molecule has 0 aromatic carbocycles. The normalized spacial score (nSPS) is 35.5. The summed E-state index contributed by atoms with van der Waals surface area (Å²) in [6, 6.07) is 0. The van der Waals surface area contributed by atoms with Gasteiger partial charge in [-0.2, -0.15) is 0 Å². The molecule has 64 valence electrons. The van der Waals surface area contributed by atoms with E-state index in [2.05, 4.69) is 13.8 Å². The Hall–Kier alpha value is -0.530. The van der Waals surface area contributed by atoms with Crippen LogP contribution in [0.3, 0.4) is 0 Å². The van der Waals surface area contributed by atoms with Crippen molar-refractivity contribution < 1.29 is 9.53 Å². The molecule has 0 spiro atoms. The minimum Gasteiger partial charge on any atom is -0.469 e. The summed E-state index contributed by atoms with van der Waals surface area (Å²) >= 11 is 0. The third-order valence-electron chi connectivity index (χ3n) is 2.76. The van der Waals surface area contributed by atoms with Crippen molar-refractivity contribution in [3.8, 4) is 0 Å². The lowest BCUT2D eigenvalue weighted by Crippen LogP contribution is -2.17. The van der Waals surface area contributed by atoms with Crippen LogP contribution in [0.5, 0.6) is 0 Å². The number of carbonyl (C=O) groups is 1. The molecule has 0 aromatic heterocycles. The van der Waals surface area contributed by atoms with Crippen LogP contribution in [0.25, 0.3) is 0 Å². The maximum Gasteiger partial charge on any atom is 0.311 e. The van der Waals surface area contributed by atoms with Crippen molar-refractivity contribution in [1.29, 1.82) is 0 Å². The van der Waals surface area contributed by atoms with Gasteiger partial charge in [-0.3, -0.25) is 4.79 Å². The molecule has 2 unspecified atom stereocenters. The van der Waals surface area contributed by atoms with Crippen molar-refractivity contribution in [2.45, 2.75) is 27.2 Å². The van der Waals surface area contributed by atoms with Crippen LogP contribution in [-0.4, -0.2) is 13.1 Å². The standard InChI is InChI=1S/C9H16O2/c1-6(2)7-5-9(7,3)8(10)11-4/h6-7H,5H2,1-4H3. The molecule has 0 saturated heterocycles. The van der Waals surface area contributed by atoms with E-state index in [0.29, 0.717) is 11.8 Å². The van der Waals surface area contributed by atoms with E-state index in [0.717, 1.165) is 6.42 Å². The summed E-state index contributed by atoms with van der Waals surface area (Å²) in [6.45, 7) is 6.29. The van der Waals surface area contributed by atoms with Crippen molar-refractivity contribution in [3.05, 3.63) is 0 Å². The first kappa shape index (κ1) is 8.57. The van der Waals surface area contributed by atoms with E-state index in [1.54, 1.807) is 0 Å². The highest BCUT2D eigenvalue weighted by atomic mass is 16.5. The first-order valence-corrected chi connectivity index (χ1v) is 4.11. The van der Waals surface area contributed by atoms with Gasteiger partial charge in [0.2, 0.25) is 0 Å². The van der Waals surface area contributed by atoms with E-state index in [9.17, 15) is 4.79 Å². The Bertz CT molecular complexity index is 174. The van der Waals surface area contributed by atoms with Crippen LogP contribution in [0.15, 0.2) is 0 Å². The number of rotatable bonds is 2. The largest absolute Gasteiger partial charge is 0.469 e. The molecule has 1 fully saturated rings. The molecular weight excluding hydrogens is 140 g/mol. The zero-order valence-electron chi connectivity index (χ0n) is 7.68. The zero-order chi connectivity index (χ0) is 8.65. The monoisotopic (exact) mass is 156 g/mol. The molecule has 1 aliphatic rings. The Balaban J connectivity index is 2.55. The van der Waals surface area contributed by atoms with Crippen molar-refractivity contribution in [2.75, 3.05) is 7.11 Å². The molecule has 2 heteroatoms. The average Bonchev–Trinajstić information content (AvgIpc) is 2.62. The summed E-state index contributed by atoms with van der Waals surface area (Å²) in [4.78, 5) is 11.2. The van der Waals surface area contributed by atoms with Crippen molar-refractivity contribution in [1.82, 2.24) is 0 Å². The molecule has 0 aromatic rings. The highest BCUT2D eigenvalue weighted by Crippen LogP contribution is 2.56. The maximum absolute atomic E-state index is 11.2. The quantitative estimate of drug-likeness (QED) is 0.570. The second-order valence-corrected chi connectivity index (χ2v) is 3.96. The first-order chi connectivity index (χ1) is 5.02. The Labute approximate surface area is 67.9 Å². The molecule has 2 atom stereocenters. The summed E-state index contributed by atoms with van der Waals surface area (Å²) < 4.78 is 4.72. The van der Waals surface area contributed by atoms with E-state index >= 15 is 0 Å². The molecule has 1 rings (SSSR count). The van der Waals surface area contributed by atoms with Gasteiger partial charge in [0.25, 0.3) is 0 Å². The third-order valence-corrected chi connectivity index (χ3v) is 2.76. The summed E-state index contributed by atoms with van der Waals surface area (Å²) in [5, 5.41) is 0. The topological polar surface area (TPSA) is 26.3 Å². The number of hydrogen-bond donors (Lipinski definition) is 0. The summed E-state index contributed by atoms with van der Waals surface area (Å²) in [7, 11) is 1.46. The molecular formula is C9H16O2. The fourth-order valence-corrected chi connectivity index (χ4v) is 1.84. The van der Waals surface area contributed by atoms with Gasteiger partial charge in [-0.25, -0.2) is 0 Å². The number of carbonyl (C=O) groups excluding carboxylic acids is 1.